The molecule has 1 heterocycles. The van der Waals surface area contributed by atoms with Gasteiger partial charge in [-0.1, -0.05) is 60.7 Å². The molecule has 0 amide bonds. The number of ether oxygens (including phenoxy) is 1. The van der Waals surface area contributed by atoms with Gasteiger partial charge in [0.2, 0.25) is 0 Å². The number of hydrogen-bond acceptors (Lipinski definition) is 3. The van der Waals surface area contributed by atoms with Crippen LogP contribution in [0.3, 0.4) is 0 Å². The van der Waals surface area contributed by atoms with E-state index < -0.39 is 8.07 Å². The molecule has 1 fully saturated rings. The zero-order chi connectivity index (χ0) is 20.6. The van der Waals surface area contributed by atoms with Crippen LogP contribution in [-0.4, -0.2) is 33.5 Å². The van der Waals surface area contributed by atoms with Crippen molar-refractivity contribution in [3.8, 4) is 5.75 Å². The van der Waals surface area contributed by atoms with E-state index >= 15 is 0 Å². The zero-order valence-electron chi connectivity index (χ0n) is 18.3. The number of methoxy groups -OCH3 is 1. The summed E-state index contributed by atoms with van der Waals surface area (Å²) in [4.78, 5) is 0. The molecule has 0 aromatic heterocycles. The summed E-state index contributed by atoms with van der Waals surface area (Å²) in [5.41, 5.74) is 0.581. The van der Waals surface area contributed by atoms with Crippen LogP contribution < -0.4 is 9.92 Å². The van der Waals surface area contributed by atoms with Crippen LogP contribution in [0.1, 0.15) is 39.1 Å². The summed E-state index contributed by atoms with van der Waals surface area (Å²) in [5, 5.41) is 1.46. The Morgan fingerprint density at radius 2 is 1.43 bits per heavy atom. The molecule has 0 radical (unpaired) electrons. The van der Waals surface area contributed by atoms with E-state index in [9.17, 15) is 0 Å². The Bertz CT molecular complexity index is 771. The smallest absolute Gasteiger partial charge is 0.465 e. The van der Waals surface area contributed by atoms with Gasteiger partial charge in [0.25, 0.3) is 0 Å². The number of hydrogen-bond donors (Lipinski definition) is 0. The molecule has 1 aliphatic rings. The van der Waals surface area contributed by atoms with Gasteiger partial charge in [0.15, 0.2) is 0 Å². The average molecular weight is 396 g/mol. The van der Waals surface area contributed by atoms with Crippen LogP contribution in [0.4, 0.5) is 0 Å². The summed E-state index contributed by atoms with van der Waals surface area (Å²) in [6, 6.07) is 20.3. The van der Waals surface area contributed by atoms with E-state index in [1.165, 1.54) is 10.8 Å². The Morgan fingerprint density at radius 3 is 1.93 bits per heavy atom. The lowest BCUT2D eigenvalue weighted by molar-refractivity contribution is 0.00578. The molecule has 1 unspecified atom stereocenters. The van der Waals surface area contributed by atoms with Gasteiger partial charge in [0.1, 0.15) is 5.75 Å². The Morgan fingerprint density at radius 1 is 0.893 bits per heavy atom. The van der Waals surface area contributed by atoms with Crippen molar-refractivity contribution in [2.24, 2.45) is 0 Å². The molecule has 0 N–H and O–H groups in total. The maximum absolute atomic E-state index is 6.49. The highest BCUT2D eigenvalue weighted by atomic mass is 28.3. The van der Waals surface area contributed by atoms with Crippen molar-refractivity contribution in [1.29, 1.82) is 0 Å². The van der Waals surface area contributed by atoms with Crippen LogP contribution in [0, 0.1) is 0 Å². The maximum Gasteiger partial charge on any atom is 0.465 e. The van der Waals surface area contributed by atoms with Gasteiger partial charge in [0.05, 0.1) is 26.4 Å². The van der Waals surface area contributed by atoms with Crippen LogP contribution in [-0.2, 0) is 9.31 Å². The SMILES string of the molecule is COc1ccc(C(C[Si](C)(C)c2ccccc2)B2OC(C)(C)C(C)(C)O2)cc1. The molecular formula is C23H33BO3Si. The second-order valence-corrected chi connectivity index (χ2v) is 14.2. The van der Waals surface area contributed by atoms with Crippen LogP contribution in [0.15, 0.2) is 54.6 Å². The highest BCUT2D eigenvalue weighted by Gasteiger charge is 2.54. The third-order valence-electron chi connectivity index (χ3n) is 6.43. The normalized spacial score (nSPS) is 19.5. The highest BCUT2D eigenvalue weighted by Crippen LogP contribution is 2.43. The van der Waals surface area contributed by atoms with Crippen molar-refractivity contribution >= 4 is 20.4 Å². The predicted octanol–water partition coefficient (Wildman–Crippen LogP) is 5.03. The molecule has 28 heavy (non-hydrogen) atoms. The van der Waals surface area contributed by atoms with E-state index in [2.05, 4.69) is 83.3 Å². The van der Waals surface area contributed by atoms with Gasteiger partial charge in [-0.05, 0) is 51.4 Å². The van der Waals surface area contributed by atoms with Crippen LogP contribution in [0.5, 0.6) is 5.75 Å². The van der Waals surface area contributed by atoms with E-state index in [1.54, 1.807) is 7.11 Å². The van der Waals surface area contributed by atoms with Crippen molar-refractivity contribution in [3.05, 3.63) is 60.2 Å². The van der Waals surface area contributed by atoms with Crippen molar-refractivity contribution in [3.63, 3.8) is 0 Å². The fourth-order valence-corrected chi connectivity index (χ4v) is 6.69. The Labute approximate surface area is 171 Å². The van der Waals surface area contributed by atoms with Gasteiger partial charge in [-0.25, -0.2) is 0 Å². The lowest BCUT2D eigenvalue weighted by Gasteiger charge is -2.32. The first kappa shape index (κ1) is 21.2. The zero-order valence-corrected chi connectivity index (χ0v) is 19.3. The first-order valence-corrected chi connectivity index (χ1v) is 13.3. The van der Waals surface area contributed by atoms with Crippen LogP contribution in [0.25, 0.3) is 0 Å². The summed E-state index contributed by atoms with van der Waals surface area (Å²) < 4.78 is 18.3. The lowest BCUT2D eigenvalue weighted by Crippen LogP contribution is -2.45. The summed E-state index contributed by atoms with van der Waals surface area (Å²) >= 11 is 0. The molecule has 2 aromatic rings. The average Bonchev–Trinajstić information content (AvgIpc) is 2.88. The van der Waals surface area contributed by atoms with E-state index in [4.69, 9.17) is 14.0 Å². The van der Waals surface area contributed by atoms with Crippen molar-refractivity contribution in [2.45, 2.75) is 63.9 Å². The molecular weight excluding hydrogens is 363 g/mol. The summed E-state index contributed by atoms with van der Waals surface area (Å²) in [6.45, 7) is 13.4. The van der Waals surface area contributed by atoms with Crippen molar-refractivity contribution in [1.82, 2.24) is 0 Å². The Hall–Kier alpha value is -1.56. The van der Waals surface area contributed by atoms with Crippen molar-refractivity contribution < 1.29 is 14.0 Å². The second kappa shape index (κ2) is 7.70. The van der Waals surface area contributed by atoms with Gasteiger partial charge < -0.3 is 14.0 Å². The number of rotatable bonds is 6. The Balaban J connectivity index is 1.95. The van der Waals surface area contributed by atoms with Gasteiger partial charge in [-0.3, -0.25) is 0 Å². The van der Waals surface area contributed by atoms with Crippen LogP contribution in [0.2, 0.25) is 19.1 Å². The van der Waals surface area contributed by atoms with E-state index in [-0.39, 0.29) is 24.1 Å². The predicted molar refractivity (Wildman–Crippen MR) is 120 cm³/mol. The molecule has 1 atom stereocenters. The van der Waals surface area contributed by atoms with E-state index in [0.29, 0.717) is 0 Å². The molecule has 1 aliphatic heterocycles. The largest absolute Gasteiger partial charge is 0.497 e. The molecule has 5 heteroatoms. The highest BCUT2D eigenvalue weighted by molar-refractivity contribution is 6.90. The van der Waals surface area contributed by atoms with Gasteiger partial charge >= 0.3 is 7.12 Å². The fourth-order valence-electron chi connectivity index (χ4n) is 3.83. The summed E-state index contributed by atoms with van der Waals surface area (Å²) in [5.74, 6) is 1.05. The monoisotopic (exact) mass is 396 g/mol. The molecule has 0 bridgehead atoms. The molecule has 150 valence electrons. The summed E-state index contributed by atoms with van der Waals surface area (Å²) in [6.07, 6.45) is 0. The van der Waals surface area contributed by atoms with Gasteiger partial charge in [-0.15, -0.1) is 0 Å². The molecule has 3 nitrogen and oxygen atoms in total. The maximum atomic E-state index is 6.49. The minimum Gasteiger partial charge on any atom is -0.497 e. The third-order valence-corrected chi connectivity index (χ3v) is 9.79. The lowest BCUT2D eigenvalue weighted by atomic mass is 9.69. The molecule has 2 aromatic carbocycles. The standard InChI is InChI=1S/C23H33BO3Si/c1-22(2)23(3,4)27-24(26-22)21(18-13-15-19(25-5)16-14-18)17-28(6,7)20-11-9-8-10-12-20/h8-16,21H,17H2,1-7H3. The van der Waals surface area contributed by atoms with Gasteiger partial charge in [-0.2, -0.15) is 0 Å². The minimum absolute atomic E-state index is 0.175. The molecule has 1 saturated heterocycles. The quantitative estimate of drug-likeness (QED) is 0.642. The van der Waals surface area contributed by atoms with Crippen LogP contribution >= 0.6 is 0 Å². The minimum atomic E-state index is -1.70. The van der Waals surface area contributed by atoms with Crippen molar-refractivity contribution in [2.75, 3.05) is 7.11 Å². The third kappa shape index (κ3) is 4.22. The first-order valence-electron chi connectivity index (χ1n) is 10.1. The number of benzene rings is 2. The summed E-state index contributed by atoms with van der Waals surface area (Å²) in [7, 11) is -0.254. The molecule has 0 saturated carbocycles. The van der Waals surface area contributed by atoms with E-state index in [1.807, 2.05) is 12.1 Å². The Kier molecular flexibility index (Phi) is 5.81. The van der Waals surface area contributed by atoms with E-state index in [0.717, 1.165) is 11.8 Å². The fraction of sp³-hybridized carbons (Fsp3) is 0.478. The topological polar surface area (TPSA) is 27.7 Å². The second-order valence-electron chi connectivity index (χ2n) is 9.46. The van der Waals surface area contributed by atoms with Gasteiger partial charge in [0, 0.05) is 5.82 Å². The molecule has 0 spiro atoms. The first-order chi connectivity index (χ1) is 13.1. The molecule has 0 aliphatic carbocycles. The molecule has 3 rings (SSSR count).